The summed E-state index contributed by atoms with van der Waals surface area (Å²) in [6.07, 6.45) is 0.512. The molecule has 30 heavy (non-hydrogen) atoms. The van der Waals surface area contributed by atoms with E-state index in [2.05, 4.69) is 30.8 Å². The van der Waals surface area contributed by atoms with Crippen molar-refractivity contribution < 1.29 is 9.53 Å². The topological polar surface area (TPSA) is 96.7 Å². The van der Waals surface area contributed by atoms with Crippen molar-refractivity contribution in [2.24, 2.45) is 0 Å². The number of amides is 1. The van der Waals surface area contributed by atoms with Crippen LogP contribution in [0.3, 0.4) is 0 Å². The number of morpholine rings is 1. The molecule has 4 rings (SSSR count). The van der Waals surface area contributed by atoms with Gasteiger partial charge in [-0.2, -0.15) is 4.52 Å². The molecule has 0 spiro atoms. The third-order valence-corrected chi connectivity index (χ3v) is 5.12. The molecule has 2 N–H and O–H groups in total. The van der Waals surface area contributed by atoms with Crippen molar-refractivity contribution in [3.05, 3.63) is 52.8 Å². The van der Waals surface area contributed by atoms with Gasteiger partial charge in [-0.1, -0.05) is 17.7 Å². The molecule has 2 aromatic heterocycles. The second-order valence-electron chi connectivity index (χ2n) is 7.00. The molecule has 1 fully saturated rings. The summed E-state index contributed by atoms with van der Waals surface area (Å²) in [6, 6.07) is 10.6. The number of carbonyl (C=O) groups excluding carboxylic acids is 1. The molecule has 158 valence electrons. The summed E-state index contributed by atoms with van der Waals surface area (Å²) in [4.78, 5) is 14.6. The molecule has 0 unspecified atom stereocenters. The molecule has 1 amide bonds. The summed E-state index contributed by atoms with van der Waals surface area (Å²) in [7, 11) is 0. The van der Waals surface area contributed by atoms with Crippen molar-refractivity contribution in [3.63, 3.8) is 0 Å². The van der Waals surface area contributed by atoms with Crippen LogP contribution in [0.4, 0.5) is 5.82 Å². The van der Waals surface area contributed by atoms with E-state index in [9.17, 15) is 4.79 Å². The number of benzene rings is 1. The van der Waals surface area contributed by atoms with Crippen LogP contribution in [0.5, 0.6) is 0 Å². The van der Waals surface area contributed by atoms with Gasteiger partial charge < -0.3 is 15.4 Å². The Kier molecular flexibility index (Phi) is 6.73. The molecule has 1 saturated heterocycles. The lowest BCUT2D eigenvalue weighted by atomic mass is 10.2. The predicted octanol–water partition coefficient (Wildman–Crippen LogP) is 1.49. The standard InChI is InChI=1S/C20H24ClN7O2/c21-16-3-1-2-15(14-16)20(29)23-7-6-19-25-24-18-5-4-17(26-28(18)19)22-8-9-27-10-12-30-13-11-27/h1-5,14H,6-13H2,(H,22,26)(H,23,29). The Labute approximate surface area is 179 Å². The summed E-state index contributed by atoms with van der Waals surface area (Å²) in [6.45, 7) is 5.67. The molecule has 0 atom stereocenters. The van der Waals surface area contributed by atoms with E-state index < -0.39 is 0 Å². The SMILES string of the molecule is O=C(NCCc1nnc2ccc(NCCN3CCOCC3)nn12)c1cccc(Cl)c1. The van der Waals surface area contributed by atoms with Gasteiger partial charge >= 0.3 is 0 Å². The largest absolute Gasteiger partial charge is 0.379 e. The number of nitrogens with zero attached hydrogens (tertiary/aromatic N) is 5. The van der Waals surface area contributed by atoms with Crippen LogP contribution in [0.1, 0.15) is 16.2 Å². The molecule has 9 nitrogen and oxygen atoms in total. The van der Waals surface area contributed by atoms with Crippen molar-refractivity contribution in [2.75, 3.05) is 51.3 Å². The average Bonchev–Trinajstić information content (AvgIpc) is 3.17. The lowest BCUT2D eigenvalue weighted by molar-refractivity contribution is 0.0398. The minimum Gasteiger partial charge on any atom is -0.379 e. The van der Waals surface area contributed by atoms with Crippen molar-refractivity contribution in [3.8, 4) is 0 Å². The zero-order valence-corrected chi connectivity index (χ0v) is 17.3. The van der Waals surface area contributed by atoms with E-state index in [1.54, 1.807) is 28.8 Å². The number of ether oxygens (including phenoxy) is 1. The molecular weight excluding hydrogens is 406 g/mol. The van der Waals surface area contributed by atoms with Gasteiger partial charge in [0, 0.05) is 49.7 Å². The minimum absolute atomic E-state index is 0.176. The number of fused-ring (bicyclic) bond motifs is 1. The maximum Gasteiger partial charge on any atom is 0.251 e. The fourth-order valence-corrected chi connectivity index (χ4v) is 3.46. The second kappa shape index (κ2) is 9.84. The Morgan fingerprint density at radius 3 is 2.83 bits per heavy atom. The lowest BCUT2D eigenvalue weighted by Gasteiger charge is -2.26. The molecule has 1 aromatic carbocycles. The van der Waals surface area contributed by atoms with Crippen LogP contribution in [0.2, 0.25) is 5.02 Å². The second-order valence-corrected chi connectivity index (χ2v) is 7.44. The van der Waals surface area contributed by atoms with Crippen LogP contribution < -0.4 is 10.6 Å². The first-order valence-electron chi connectivity index (χ1n) is 9.98. The highest BCUT2D eigenvalue weighted by Crippen LogP contribution is 2.11. The first-order chi connectivity index (χ1) is 14.7. The van der Waals surface area contributed by atoms with E-state index in [-0.39, 0.29) is 5.91 Å². The molecule has 0 aliphatic carbocycles. The van der Waals surface area contributed by atoms with Crippen molar-refractivity contribution in [1.82, 2.24) is 30.0 Å². The van der Waals surface area contributed by atoms with Crippen LogP contribution in [0.25, 0.3) is 5.65 Å². The number of hydrogen-bond acceptors (Lipinski definition) is 7. The van der Waals surface area contributed by atoms with Crippen LogP contribution >= 0.6 is 11.6 Å². The highest BCUT2D eigenvalue weighted by atomic mass is 35.5. The third-order valence-electron chi connectivity index (χ3n) is 4.89. The number of nitrogens with one attached hydrogen (secondary N) is 2. The molecular formula is C20H24ClN7O2. The summed E-state index contributed by atoms with van der Waals surface area (Å²) < 4.78 is 7.08. The molecule has 1 aliphatic rings. The maximum absolute atomic E-state index is 12.2. The summed E-state index contributed by atoms with van der Waals surface area (Å²) in [5.74, 6) is 1.28. The van der Waals surface area contributed by atoms with Gasteiger partial charge in [0.05, 0.1) is 13.2 Å². The first kappa shape index (κ1) is 20.5. The molecule has 0 radical (unpaired) electrons. The molecule has 3 aromatic rings. The van der Waals surface area contributed by atoms with Crippen molar-refractivity contribution >= 4 is 29.0 Å². The third kappa shape index (κ3) is 5.24. The van der Waals surface area contributed by atoms with Crippen LogP contribution in [0, 0.1) is 0 Å². The summed E-state index contributed by atoms with van der Waals surface area (Å²) in [5.41, 5.74) is 1.20. The van der Waals surface area contributed by atoms with Crippen molar-refractivity contribution in [1.29, 1.82) is 0 Å². The Balaban J connectivity index is 1.31. The minimum atomic E-state index is -0.176. The fourth-order valence-electron chi connectivity index (χ4n) is 3.27. The highest BCUT2D eigenvalue weighted by Gasteiger charge is 2.11. The van der Waals surface area contributed by atoms with Gasteiger partial charge in [0.2, 0.25) is 0 Å². The van der Waals surface area contributed by atoms with E-state index in [4.69, 9.17) is 16.3 Å². The number of carbonyl (C=O) groups is 1. The molecule has 10 heteroatoms. The molecule has 0 bridgehead atoms. The number of anilines is 1. The quantitative estimate of drug-likeness (QED) is 0.560. The normalized spacial score (nSPS) is 14.7. The number of aromatic nitrogens is 4. The van der Waals surface area contributed by atoms with Gasteiger partial charge in [-0.25, -0.2) is 0 Å². The molecule has 0 saturated carbocycles. The fraction of sp³-hybridized carbons (Fsp3) is 0.400. The van der Waals surface area contributed by atoms with Gasteiger partial charge in [0.25, 0.3) is 5.91 Å². The maximum atomic E-state index is 12.2. The van der Waals surface area contributed by atoms with Gasteiger partial charge in [-0.15, -0.1) is 15.3 Å². The Hall–Kier alpha value is -2.75. The van der Waals surface area contributed by atoms with Gasteiger partial charge in [-0.3, -0.25) is 9.69 Å². The Bertz CT molecular complexity index is 1000. The van der Waals surface area contributed by atoms with E-state index in [1.165, 1.54) is 0 Å². The van der Waals surface area contributed by atoms with Gasteiger partial charge in [0.15, 0.2) is 11.5 Å². The highest BCUT2D eigenvalue weighted by molar-refractivity contribution is 6.30. The van der Waals surface area contributed by atoms with Crippen LogP contribution in [-0.4, -0.2) is 76.6 Å². The molecule has 1 aliphatic heterocycles. The zero-order chi connectivity index (χ0) is 20.8. The monoisotopic (exact) mass is 429 g/mol. The van der Waals surface area contributed by atoms with Crippen LogP contribution in [-0.2, 0) is 11.2 Å². The lowest BCUT2D eigenvalue weighted by Crippen LogP contribution is -2.39. The van der Waals surface area contributed by atoms with E-state index in [0.29, 0.717) is 35.0 Å². The summed E-state index contributed by atoms with van der Waals surface area (Å²) in [5, 5.41) is 19.7. The zero-order valence-electron chi connectivity index (χ0n) is 16.6. The average molecular weight is 430 g/mol. The van der Waals surface area contributed by atoms with Gasteiger partial charge in [0.1, 0.15) is 5.82 Å². The Morgan fingerprint density at radius 2 is 2.00 bits per heavy atom. The van der Waals surface area contributed by atoms with Gasteiger partial charge in [-0.05, 0) is 30.3 Å². The van der Waals surface area contributed by atoms with E-state index >= 15 is 0 Å². The number of rotatable bonds is 8. The number of halogens is 1. The van der Waals surface area contributed by atoms with Crippen LogP contribution in [0.15, 0.2) is 36.4 Å². The molecule has 3 heterocycles. The predicted molar refractivity (Wildman–Crippen MR) is 114 cm³/mol. The number of hydrogen-bond donors (Lipinski definition) is 2. The summed E-state index contributed by atoms with van der Waals surface area (Å²) >= 11 is 5.94. The first-order valence-corrected chi connectivity index (χ1v) is 10.4. The Morgan fingerprint density at radius 1 is 1.13 bits per heavy atom. The smallest absolute Gasteiger partial charge is 0.251 e. The van der Waals surface area contributed by atoms with Crippen molar-refractivity contribution in [2.45, 2.75) is 6.42 Å². The van der Waals surface area contributed by atoms with E-state index in [1.807, 2.05) is 12.1 Å². The van der Waals surface area contributed by atoms with E-state index in [0.717, 1.165) is 45.2 Å².